The first kappa shape index (κ1) is 25.8. The second kappa shape index (κ2) is 12.6. The van der Waals surface area contributed by atoms with Crippen molar-refractivity contribution in [2.45, 2.75) is 19.8 Å². The summed E-state index contributed by atoms with van der Waals surface area (Å²) in [6, 6.07) is 11.7. The number of carbonyl (C=O) groups is 3. The number of ether oxygens (including phenoxy) is 3. The van der Waals surface area contributed by atoms with Gasteiger partial charge in [-0.15, -0.1) is 0 Å². The van der Waals surface area contributed by atoms with Crippen LogP contribution in [0.2, 0.25) is 5.02 Å². The Balaban J connectivity index is 1.39. The zero-order chi connectivity index (χ0) is 24.5. The minimum absolute atomic E-state index is 0.0399. The molecular weight excluding hydrogens is 528 g/mol. The van der Waals surface area contributed by atoms with Gasteiger partial charge in [-0.3, -0.25) is 9.59 Å². The van der Waals surface area contributed by atoms with Gasteiger partial charge in [-0.1, -0.05) is 27.5 Å². The van der Waals surface area contributed by atoms with E-state index in [0.29, 0.717) is 67.7 Å². The van der Waals surface area contributed by atoms with Crippen molar-refractivity contribution in [3.63, 3.8) is 0 Å². The lowest BCUT2D eigenvalue weighted by atomic mass is 10.1. The number of halogens is 2. The summed E-state index contributed by atoms with van der Waals surface area (Å²) in [4.78, 5) is 40.1. The molecule has 0 bridgehead atoms. The first-order valence-electron chi connectivity index (χ1n) is 11.0. The molecule has 8 nitrogen and oxygen atoms in total. The number of hydrogen-bond donors (Lipinski definition) is 0. The van der Waals surface area contributed by atoms with Crippen molar-refractivity contribution in [3.8, 4) is 11.5 Å². The summed E-state index contributed by atoms with van der Waals surface area (Å²) in [7, 11) is 0. The summed E-state index contributed by atoms with van der Waals surface area (Å²) < 4.78 is 16.3. The fourth-order valence-electron chi connectivity index (χ4n) is 3.41. The van der Waals surface area contributed by atoms with Crippen molar-refractivity contribution in [2.24, 2.45) is 0 Å². The Labute approximate surface area is 211 Å². The average molecular weight is 554 g/mol. The smallest absolute Gasteiger partial charge is 0.492 e. The van der Waals surface area contributed by atoms with Crippen LogP contribution in [0, 0.1) is 0 Å². The highest BCUT2D eigenvalue weighted by Crippen LogP contribution is 2.27. The van der Waals surface area contributed by atoms with Gasteiger partial charge in [0.05, 0.1) is 18.2 Å². The average Bonchev–Trinajstić information content (AvgIpc) is 2.83. The van der Waals surface area contributed by atoms with E-state index in [9.17, 15) is 14.4 Å². The van der Waals surface area contributed by atoms with Crippen molar-refractivity contribution in [2.75, 3.05) is 39.4 Å². The molecule has 1 saturated heterocycles. The van der Waals surface area contributed by atoms with Gasteiger partial charge in [0.2, 0.25) is 5.91 Å². The molecule has 0 N–H and O–H groups in total. The molecule has 0 radical (unpaired) electrons. The molecule has 2 amide bonds. The summed E-state index contributed by atoms with van der Waals surface area (Å²) in [5.41, 5.74) is 0.486. The molecule has 2 aromatic rings. The van der Waals surface area contributed by atoms with E-state index in [4.69, 9.17) is 25.8 Å². The van der Waals surface area contributed by atoms with Crippen molar-refractivity contribution in [1.29, 1.82) is 0 Å². The molecular formula is C24H26BrClN2O6. The zero-order valence-electron chi connectivity index (χ0n) is 18.8. The summed E-state index contributed by atoms with van der Waals surface area (Å²) in [5, 5.41) is 0.516. The molecule has 0 saturated carbocycles. The van der Waals surface area contributed by atoms with Gasteiger partial charge in [0.25, 0.3) is 5.91 Å². The monoisotopic (exact) mass is 552 g/mol. The maximum atomic E-state index is 12.8. The maximum absolute atomic E-state index is 12.8. The van der Waals surface area contributed by atoms with E-state index in [2.05, 4.69) is 15.9 Å². The molecule has 2 aromatic carbocycles. The van der Waals surface area contributed by atoms with E-state index in [-0.39, 0.29) is 18.4 Å². The van der Waals surface area contributed by atoms with Gasteiger partial charge >= 0.3 is 6.16 Å². The second-order valence-electron chi connectivity index (χ2n) is 7.51. The number of carbonyl (C=O) groups excluding carboxylic acids is 3. The molecule has 0 atom stereocenters. The number of hydrogen-bond acceptors (Lipinski definition) is 6. The van der Waals surface area contributed by atoms with Crippen molar-refractivity contribution in [3.05, 3.63) is 57.5 Å². The molecule has 0 unspecified atom stereocenters. The van der Waals surface area contributed by atoms with Crippen LogP contribution in [0.15, 0.2) is 46.9 Å². The van der Waals surface area contributed by atoms with Crippen LogP contribution in [0.25, 0.3) is 0 Å². The lowest BCUT2D eigenvalue weighted by molar-refractivity contribution is -0.132. The summed E-state index contributed by atoms with van der Waals surface area (Å²) in [5.74, 6) is 0.800. The highest BCUT2D eigenvalue weighted by Gasteiger charge is 2.24. The first-order chi connectivity index (χ1) is 16.4. The van der Waals surface area contributed by atoms with Crippen LogP contribution in [-0.4, -0.2) is 67.2 Å². The van der Waals surface area contributed by atoms with E-state index in [1.54, 1.807) is 53.1 Å². The molecule has 34 heavy (non-hydrogen) atoms. The maximum Gasteiger partial charge on any atom is 0.513 e. The highest BCUT2D eigenvalue weighted by molar-refractivity contribution is 9.10. The number of piperazine rings is 1. The van der Waals surface area contributed by atoms with Crippen molar-refractivity contribution >= 4 is 45.5 Å². The van der Waals surface area contributed by atoms with Gasteiger partial charge in [-0.25, -0.2) is 4.79 Å². The van der Waals surface area contributed by atoms with Crippen LogP contribution < -0.4 is 9.47 Å². The molecule has 3 rings (SSSR count). The van der Waals surface area contributed by atoms with E-state index in [1.807, 2.05) is 6.07 Å². The summed E-state index contributed by atoms with van der Waals surface area (Å²) in [6.07, 6.45) is 0.153. The third-order valence-electron chi connectivity index (χ3n) is 5.17. The zero-order valence-corrected chi connectivity index (χ0v) is 21.1. The molecule has 1 fully saturated rings. The third-order valence-corrected chi connectivity index (χ3v) is 5.96. The lowest BCUT2D eigenvalue weighted by Gasteiger charge is -2.35. The predicted octanol–water partition coefficient (Wildman–Crippen LogP) is 4.78. The minimum Gasteiger partial charge on any atom is -0.492 e. The molecule has 1 heterocycles. The molecule has 0 aromatic heterocycles. The number of benzene rings is 2. The topological polar surface area (TPSA) is 85.4 Å². The van der Waals surface area contributed by atoms with Gasteiger partial charge in [-0.2, -0.15) is 0 Å². The normalized spacial score (nSPS) is 13.4. The SMILES string of the molecule is CCOC(=O)Oc1ccc(C(=O)N2CCN(C(=O)CCCOc3ccc(Br)cc3Cl)CC2)cc1. The first-order valence-corrected chi connectivity index (χ1v) is 12.1. The third kappa shape index (κ3) is 7.36. The fraction of sp³-hybridized carbons (Fsp3) is 0.375. The fourth-order valence-corrected chi connectivity index (χ4v) is 4.13. The van der Waals surface area contributed by atoms with Gasteiger partial charge in [0, 0.05) is 42.6 Å². The Bertz CT molecular complexity index is 1010. The van der Waals surface area contributed by atoms with E-state index in [1.165, 1.54) is 0 Å². The van der Waals surface area contributed by atoms with Crippen LogP contribution in [0.4, 0.5) is 4.79 Å². The van der Waals surface area contributed by atoms with Crippen LogP contribution >= 0.6 is 27.5 Å². The summed E-state index contributed by atoms with van der Waals surface area (Å²) in [6.45, 7) is 4.17. The number of amides is 2. The van der Waals surface area contributed by atoms with Gasteiger partial charge in [0.1, 0.15) is 11.5 Å². The Hall–Kier alpha value is -2.78. The molecule has 182 valence electrons. The summed E-state index contributed by atoms with van der Waals surface area (Å²) >= 11 is 9.48. The van der Waals surface area contributed by atoms with Crippen molar-refractivity contribution in [1.82, 2.24) is 9.80 Å². The Kier molecular flexibility index (Phi) is 9.59. The standard InChI is InChI=1S/C24H26BrClN2O6/c1-2-32-24(31)34-19-8-5-17(6-9-19)23(30)28-13-11-27(12-14-28)22(29)4-3-15-33-21-10-7-18(25)16-20(21)26/h5-10,16H,2-4,11-15H2,1H3. The van der Waals surface area contributed by atoms with Crippen LogP contribution in [0.5, 0.6) is 11.5 Å². The lowest BCUT2D eigenvalue weighted by Crippen LogP contribution is -2.50. The minimum atomic E-state index is -0.786. The Morgan fingerprint density at radius 1 is 1.00 bits per heavy atom. The van der Waals surface area contributed by atoms with Crippen LogP contribution in [0.1, 0.15) is 30.1 Å². The molecule has 1 aliphatic rings. The quantitative estimate of drug-likeness (QED) is 0.266. The van der Waals surface area contributed by atoms with Gasteiger partial charge in [0.15, 0.2) is 0 Å². The molecule has 0 spiro atoms. The van der Waals surface area contributed by atoms with Gasteiger partial charge < -0.3 is 24.0 Å². The molecule has 1 aliphatic heterocycles. The van der Waals surface area contributed by atoms with Crippen molar-refractivity contribution < 1.29 is 28.6 Å². The molecule has 10 heteroatoms. The number of rotatable bonds is 8. The largest absolute Gasteiger partial charge is 0.513 e. The predicted molar refractivity (Wildman–Crippen MR) is 130 cm³/mol. The van der Waals surface area contributed by atoms with E-state index >= 15 is 0 Å². The second-order valence-corrected chi connectivity index (χ2v) is 8.83. The molecule has 0 aliphatic carbocycles. The van der Waals surface area contributed by atoms with Gasteiger partial charge in [-0.05, 0) is 55.8 Å². The van der Waals surface area contributed by atoms with Crippen LogP contribution in [-0.2, 0) is 9.53 Å². The Morgan fingerprint density at radius 2 is 1.68 bits per heavy atom. The Morgan fingerprint density at radius 3 is 2.32 bits per heavy atom. The van der Waals surface area contributed by atoms with E-state index < -0.39 is 6.16 Å². The number of nitrogens with zero attached hydrogens (tertiary/aromatic N) is 2. The van der Waals surface area contributed by atoms with E-state index in [0.717, 1.165) is 4.47 Å². The highest BCUT2D eigenvalue weighted by atomic mass is 79.9. The van der Waals surface area contributed by atoms with Crippen LogP contribution in [0.3, 0.4) is 0 Å².